The Morgan fingerprint density at radius 1 is 0.786 bits per heavy atom. The van der Waals surface area contributed by atoms with Gasteiger partial charge in [-0.05, 0) is 61.1 Å². The topological polar surface area (TPSA) is 110 Å². The van der Waals surface area contributed by atoms with Gasteiger partial charge in [0.05, 0.1) is 0 Å². The molecule has 0 heterocycles. The zero-order valence-electron chi connectivity index (χ0n) is 15.6. The monoisotopic (exact) mass is 373 g/mol. The summed E-state index contributed by atoms with van der Waals surface area (Å²) in [5, 5.41) is 7.46. The number of amides is 1. The highest BCUT2D eigenvalue weighted by Crippen LogP contribution is 2.27. The molecule has 0 bridgehead atoms. The standard InChI is InChI=1S/C23H23N3O2/c24-22(25)17-9-5-15(6-10-17)13-19-3-1-2-4-20(21(19)27)14-16-7-11-18(12-8-16)23(26)28/h5-14H,1-4H2,(H3,24,25)(H2,26,28)/b19-13+,20-14-. The molecule has 0 aromatic heterocycles. The molecule has 2 aromatic rings. The van der Waals surface area contributed by atoms with E-state index in [-0.39, 0.29) is 11.6 Å². The smallest absolute Gasteiger partial charge is 0.248 e. The van der Waals surface area contributed by atoms with Gasteiger partial charge in [0.15, 0.2) is 5.78 Å². The first-order chi connectivity index (χ1) is 13.4. The lowest BCUT2D eigenvalue weighted by atomic mass is 9.97. The Kier molecular flexibility index (Phi) is 5.84. The molecule has 5 heteroatoms. The number of rotatable bonds is 4. The molecule has 0 spiro atoms. The zero-order valence-corrected chi connectivity index (χ0v) is 15.6. The van der Waals surface area contributed by atoms with Crippen molar-refractivity contribution in [3.63, 3.8) is 0 Å². The molecule has 5 N–H and O–H groups in total. The number of nitrogens with two attached hydrogens (primary N) is 2. The SMILES string of the molecule is N=C(N)c1ccc(/C=C2\CCCC/C(=C/c3ccc(C(N)=O)cc3)C2=O)cc1. The third-order valence-corrected chi connectivity index (χ3v) is 4.82. The van der Waals surface area contributed by atoms with E-state index in [0.717, 1.165) is 48.0 Å². The van der Waals surface area contributed by atoms with E-state index in [1.807, 2.05) is 24.3 Å². The van der Waals surface area contributed by atoms with Crippen molar-refractivity contribution in [1.82, 2.24) is 0 Å². The molecule has 5 nitrogen and oxygen atoms in total. The Balaban J connectivity index is 1.86. The molecule has 1 fully saturated rings. The van der Waals surface area contributed by atoms with Crippen LogP contribution in [0.1, 0.15) is 52.7 Å². The molecular weight excluding hydrogens is 350 g/mol. The lowest BCUT2D eigenvalue weighted by Gasteiger charge is -2.06. The number of nitrogens with one attached hydrogen (secondary N) is 1. The first kappa shape index (κ1) is 19.3. The van der Waals surface area contributed by atoms with Gasteiger partial charge < -0.3 is 11.5 Å². The molecule has 1 aliphatic rings. The Bertz CT molecular complexity index is 888. The number of Topliss-reactive ketones (excluding diaryl/α,β-unsaturated/α-hetero) is 1. The lowest BCUT2D eigenvalue weighted by molar-refractivity contribution is -0.112. The van der Waals surface area contributed by atoms with Gasteiger partial charge in [-0.2, -0.15) is 0 Å². The summed E-state index contributed by atoms with van der Waals surface area (Å²) in [6.45, 7) is 0. The molecule has 0 radical (unpaired) electrons. The summed E-state index contributed by atoms with van der Waals surface area (Å²) in [6.07, 6.45) is 7.20. The summed E-state index contributed by atoms with van der Waals surface area (Å²) in [6, 6.07) is 14.2. The van der Waals surface area contributed by atoms with Crippen LogP contribution in [0.4, 0.5) is 0 Å². The predicted molar refractivity (Wildman–Crippen MR) is 112 cm³/mol. The maximum atomic E-state index is 13.0. The van der Waals surface area contributed by atoms with E-state index < -0.39 is 5.91 Å². The molecule has 0 unspecified atom stereocenters. The van der Waals surface area contributed by atoms with E-state index in [4.69, 9.17) is 16.9 Å². The van der Waals surface area contributed by atoms with Gasteiger partial charge in [-0.3, -0.25) is 15.0 Å². The highest BCUT2D eigenvalue weighted by atomic mass is 16.1. The summed E-state index contributed by atoms with van der Waals surface area (Å²) in [5.41, 5.74) is 15.2. The molecular formula is C23H23N3O2. The molecule has 0 aliphatic heterocycles. The number of hydrogen-bond acceptors (Lipinski definition) is 3. The van der Waals surface area contributed by atoms with Gasteiger partial charge in [-0.15, -0.1) is 0 Å². The fraction of sp³-hybridized carbons (Fsp3) is 0.174. The van der Waals surface area contributed by atoms with E-state index in [0.29, 0.717) is 11.1 Å². The second-order valence-electron chi connectivity index (χ2n) is 6.90. The molecule has 1 aliphatic carbocycles. The van der Waals surface area contributed by atoms with Crippen molar-refractivity contribution >= 4 is 29.7 Å². The van der Waals surface area contributed by atoms with Crippen molar-refractivity contribution in [2.75, 3.05) is 0 Å². The van der Waals surface area contributed by atoms with Crippen LogP contribution in [0.5, 0.6) is 0 Å². The van der Waals surface area contributed by atoms with Gasteiger partial charge in [-0.1, -0.05) is 36.4 Å². The minimum atomic E-state index is -0.467. The maximum absolute atomic E-state index is 13.0. The third-order valence-electron chi connectivity index (χ3n) is 4.82. The van der Waals surface area contributed by atoms with Crippen LogP contribution in [0.15, 0.2) is 59.7 Å². The summed E-state index contributed by atoms with van der Waals surface area (Å²) in [7, 11) is 0. The number of hydrogen-bond donors (Lipinski definition) is 3. The molecule has 28 heavy (non-hydrogen) atoms. The zero-order chi connectivity index (χ0) is 20.1. The van der Waals surface area contributed by atoms with Crippen LogP contribution < -0.4 is 11.5 Å². The van der Waals surface area contributed by atoms with Crippen molar-refractivity contribution in [2.24, 2.45) is 11.5 Å². The summed E-state index contributed by atoms with van der Waals surface area (Å²) >= 11 is 0. The number of amidine groups is 1. The number of carbonyl (C=O) groups is 2. The van der Waals surface area contributed by atoms with Crippen LogP contribution in [0.25, 0.3) is 12.2 Å². The Morgan fingerprint density at radius 2 is 1.21 bits per heavy atom. The fourth-order valence-corrected chi connectivity index (χ4v) is 3.24. The highest BCUT2D eigenvalue weighted by molar-refractivity contribution is 6.13. The van der Waals surface area contributed by atoms with Gasteiger partial charge in [0, 0.05) is 22.3 Å². The van der Waals surface area contributed by atoms with Gasteiger partial charge in [0.2, 0.25) is 5.91 Å². The second-order valence-corrected chi connectivity index (χ2v) is 6.90. The average molecular weight is 373 g/mol. The first-order valence-electron chi connectivity index (χ1n) is 9.24. The van der Waals surface area contributed by atoms with Crippen molar-refractivity contribution in [1.29, 1.82) is 5.41 Å². The van der Waals surface area contributed by atoms with Gasteiger partial charge >= 0.3 is 0 Å². The van der Waals surface area contributed by atoms with Crippen LogP contribution in [-0.2, 0) is 4.79 Å². The second kappa shape index (κ2) is 8.48. The quantitative estimate of drug-likeness (QED) is 0.329. The first-order valence-corrected chi connectivity index (χ1v) is 9.24. The summed E-state index contributed by atoms with van der Waals surface area (Å²) in [5.74, 6) is -0.379. The van der Waals surface area contributed by atoms with Crippen molar-refractivity contribution in [3.8, 4) is 0 Å². The largest absolute Gasteiger partial charge is 0.384 e. The Labute approximate surface area is 164 Å². The van der Waals surface area contributed by atoms with Crippen LogP contribution >= 0.6 is 0 Å². The average Bonchev–Trinajstić information content (AvgIpc) is 2.85. The van der Waals surface area contributed by atoms with E-state index in [2.05, 4.69) is 0 Å². The van der Waals surface area contributed by atoms with E-state index in [1.165, 1.54) is 0 Å². The molecule has 1 saturated carbocycles. The number of benzene rings is 2. The number of primary amides is 1. The van der Waals surface area contributed by atoms with Crippen LogP contribution in [0.3, 0.4) is 0 Å². The van der Waals surface area contributed by atoms with Gasteiger partial charge in [-0.25, -0.2) is 0 Å². The van der Waals surface area contributed by atoms with E-state index in [9.17, 15) is 9.59 Å². The molecule has 142 valence electrons. The predicted octanol–water partition coefficient (Wildman–Crippen LogP) is 3.68. The van der Waals surface area contributed by atoms with Crippen LogP contribution in [0.2, 0.25) is 0 Å². The van der Waals surface area contributed by atoms with E-state index >= 15 is 0 Å². The lowest BCUT2D eigenvalue weighted by Crippen LogP contribution is -2.10. The molecule has 0 atom stereocenters. The van der Waals surface area contributed by atoms with Crippen LogP contribution in [-0.4, -0.2) is 17.5 Å². The highest BCUT2D eigenvalue weighted by Gasteiger charge is 2.19. The molecule has 2 aromatic carbocycles. The summed E-state index contributed by atoms with van der Waals surface area (Å²) < 4.78 is 0. The Morgan fingerprint density at radius 3 is 1.61 bits per heavy atom. The van der Waals surface area contributed by atoms with Gasteiger partial charge in [0.1, 0.15) is 5.84 Å². The summed E-state index contributed by atoms with van der Waals surface area (Å²) in [4.78, 5) is 24.2. The Hall–Kier alpha value is -3.47. The van der Waals surface area contributed by atoms with Gasteiger partial charge in [0.25, 0.3) is 0 Å². The molecule has 3 rings (SSSR count). The molecule has 1 amide bonds. The minimum absolute atomic E-state index is 0.0253. The number of nitrogen functional groups attached to an aromatic ring is 1. The number of allylic oxidation sites excluding steroid dienone is 2. The fourth-order valence-electron chi connectivity index (χ4n) is 3.24. The number of carbonyl (C=O) groups excluding carboxylic acids is 2. The third kappa shape index (κ3) is 4.62. The molecule has 0 saturated heterocycles. The van der Waals surface area contributed by atoms with Crippen LogP contribution in [0, 0.1) is 5.41 Å². The maximum Gasteiger partial charge on any atom is 0.248 e. The minimum Gasteiger partial charge on any atom is -0.384 e. The van der Waals surface area contributed by atoms with Crippen molar-refractivity contribution in [3.05, 3.63) is 81.9 Å². The van der Waals surface area contributed by atoms with E-state index in [1.54, 1.807) is 36.4 Å². The van der Waals surface area contributed by atoms with Crippen molar-refractivity contribution < 1.29 is 9.59 Å². The van der Waals surface area contributed by atoms with Crippen molar-refractivity contribution in [2.45, 2.75) is 25.7 Å². The number of ketones is 1. The normalized spacial score (nSPS) is 17.5.